The summed E-state index contributed by atoms with van der Waals surface area (Å²) < 4.78 is 0.950. The number of pyridine rings is 1. The van der Waals surface area contributed by atoms with Gasteiger partial charge < -0.3 is 10.2 Å². The van der Waals surface area contributed by atoms with Crippen molar-refractivity contribution in [3.05, 3.63) is 22.9 Å². The monoisotopic (exact) mass is 295 g/mol. The van der Waals surface area contributed by atoms with Gasteiger partial charge in [0, 0.05) is 29.7 Å². The number of aromatic nitrogens is 1. The Morgan fingerprint density at radius 2 is 2.24 bits per heavy atom. The van der Waals surface area contributed by atoms with Crippen molar-refractivity contribution >= 4 is 27.5 Å². The molecule has 2 fully saturated rings. The molecule has 0 radical (unpaired) electrons. The number of nitrogens with one attached hydrogen (secondary N) is 1. The summed E-state index contributed by atoms with van der Waals surface area (Å²) in [6.45, 7) is 0.829. The number of likely N-dealkylation sites (tertiary alicyclic amines) is 1. The van der Waals surface area contributed by atoms with Crippen LogP contribution in [0.25, 0.3) is 0 Å². The molecule has 1 aliphatic heterocycles. The largest absolute Gasteiger partial charge is 0.379 e. The number of carbonyl (C=O) groups is 1. The first-order chi connectivity index (χ1) is 8.22. The van der Waals surface area contributed by atoms with Gasteiger partial charge in [0.2, 0.25) is 5.91 Å². The number of hydrogen-bond donors (Lipinski definition) is 1. The van der Waals surface area contributed by atoms with Gasteiger partial charge in [0.1, 0.15) is 0 Å². The van der Waals surface area contributed by atoms with Crippen molar-refractivity contribution in [2.75, 3.05) is 11.9 Å². The van der Waals surface area contributed by atoms with Gasteiger partial charge in [-0.25, -0.2) is 0 Å². The van der Waals surface area contributed by atoms with Gasteiger partial charge in [-0.2, -0.15) is 0 Å². The summed E-state index contributed by atoms with van der Waals surface area (Å²) >= 11 is 3.39. The summed E-state index contributed by atoms with van der Waals surface area (Å²) in [5.41, 5.74) is 0.967. The SMILES string of the molecule is O=C1CC(Nc2cncc(Br)c2)CN1C1CC1. The van der Waals surface area contributed by atoms with Gasteiger partial charge in [-0.3, -0.25) is 9.78 Å². The molecule has 0 aromatic carbocycles. The predicted molar refractivity (Wildman–Crippen MR) is 68.7 cm³/mol. The summed E-state index contributed by atoms with van der Waals surface area (Å²) in [6.07, 6.45) is 6.49. The van der Waals surface area contributed by atoms with E-state index >= 15 is 0 Å². The Morgan fingerprint density at radius 3 is 2.94 bits per heavy atom. The fourth-order valence-electron chi connectivity index (χ4n) is 2.29. The number of hydrogen-bond acceptors (Lipinski definition) is 3. The molecule has 1 aromatic heterocycles. The van der Waals surface area contributed by atoms with E-state index < -0.39 is 0 Å². The molecule has 17 heavy (non-hydrogen) atoms. The minimum absolute atomic E-state index is 0.221. The van der Waals surface area contributed by atoms with Crippen LogP contribution in [-0.2, 0) is 4.79 Å². The van der Waals surface area contributed by atoms with Crippen molar-refractivity contribution in [3.8, 4) is 0 Å². The molecule has 0 bridgehead atoms. The lowest BCUT2D eigenvalue weighted by Crippen LogP contribution is -2.29. The number of amides is 1. The summed E-state index contributed by atoms with van der Waals surface area (Å²) in [7, 11) is 0. The molecule has 1 saturated carbocycles. The number of nitrogens with zero attached hydrogens (tertiary/aromatic N) is 2. The van der Waals surface area contributed by atoms with E-state index in [9.17, 15) is 4.79 Å². The second-order valence-corrected chi connectivity index (χ2v) is 5.63. The van der Waals surface area contributed by atoms with Crippen molar-refractivity contribution in [3.63, 3.8) is 0 Å². The van der Waals surface area contributed by atoms with Gasteiger partial charge in [0.15, 0.2) is 0 Å². The lowest BCUT2D eigenvalue weighted by Gasteiger charge is -2.16. The van der Waals surface area contributed by atoms with E-state index in [1.165, 1.54) is 12.8 Å². The van der Waals surface area contributed by atoms with Crippen molar-refractivity contribution in [1.82, 2.24) is 9.88 Å². The summed E-state index contributed by atoms with van der Waals surface area (Å²) in [4.78, 5) is 17.9. The average Bonchev–Trinajstić information content (AvgIpc) is 3.04. The van der Waals surface area contributed by atoms with Crippen molar-refractivity contribution in [2.24, 2.45) is 0 Å². The van der Waals surface area contributed by atoms with Crippen LogP contribution in [0.1, 0.15) is 19.3 Å². The van der Waals surface area contributed by atoms with Crippen LogP contribution in [0.2, 0.25) is 0 Å². The standard InChI is InChI=1S/C12H14BrN3O/c13-8-3-9(6-14-5-8)15-10-4-12(17)16(7-10)11-1-2-11/h3,5-6,10-11,15H,1-2,4,7H2. The molecule has 5 heteroatoms. The Bertz CT molecular complexity index is 447. The van der Waals surface area contributed by atoms with Crippen LogP contribution in [-0.4, -0.2) is 34.4 Å². The van der Waals surface area contributed by atoms with Crippen LogP contribution in [0.4, 0.5) is 5.69 Å². The molecule has 3 rings (SSSR count). The highest BCUT2D eigenvalue weighted by Gasteiger charge is 2.39. The van der Waals surface area contributed by atoms with Crippen molar-refractivity contribution in [2.45, 2.75) is 31.3 Å². The Morgan fingerprint density at radius 1 is 1.41 bits per heavy atom. The normalized spacial score (nSPS) is 24.2. The Kier molecular flexibility index (Phi) is 2.78. The molecule has 0 spiro atoms. The van der Waals surface area contributed by atoms with Crippen molar-refractivity contribution < 1.29 is 4.79 Å². The van der Waals surface area contributed by atoms with Gasteiger partial charge in [-0.15, -0.1) is 0 Å². The fourth-order valence-corrected chi connectivity index (χ4v) is 2.66. The predicted octanol–water partition coefficient (Wildman–Crippen LogP) is 2.02. The Balaban J connectivity index is 1.65. The second kappa shape index (κ2) is 4.29. The molecule has 4 nitrogen and oxygen atoms in total. The maximum absolute atomic E-state index is 11.8. The number of rotatable bonds is 3. The fraction of sp³-hybridized carbons (Fsp3) is 0.500. The first-order valence-electron chi connectivity index (χ1n) is 5.89. The third-order valence-corrected chi connectivity index (χ3v) is 3.66. The van der Waals surface area contributed by atoms with Gasteiger partial charge in [-0.1, -0.05) is 0 Å². The zero-order valence-electron chi connectivity index (χ0n) is 9.40. The zero-order valence-corrected chi connectivity index (χ0v) is 11.0. The molecule has 1 unspecified atom stereocenters. The molecule has 2 heterocycles. The van der Waals surface area contributed by atoms with Crippen LogP contribution in [0.3, 0.4) is 0 Å². The highest BCUT2D eigenvalue weighted by Crippen LogP contribution is 2.31. The van der Waals surface area contributed by atoms with Gasteiger partial charge in [0.05, 0.1) is 17.9 Å². The molecule has 2 aliphatic rings. The van der Waals surface area contributed by atoms with Gasteiger partial charge in [0.25, 0.3) is 0 Å². The molecular weight excluding hydrogens is 282 g/mol. The van der Waals surface area contributed by atoms with Crippen LogP contribution >= 0.6 is 15.9 Å². The van der Waals surface area contributed by atoms with E-state index in [2.05, 4.69) is 26.2 Å². The van der Waals surface area contributed by atoms with E-state index in [0.717, 1.165) is 16.7 Å². The molecular formula is C12H14BrN3O. The quantitative estimate of drug-likeness (QED) is 0.928. The first kappa shape index (κ1) is 11.0. The third-order valence-electron chi connectivity index (χ3n) is 3.22. The Labute approximate surface area is 109 Å². The minimum atomic E-state index is 0.221. The topological polar surface area (TPSA) is 45.2 Å². The van der Waals surface area contributed by atoms with Crippen LogP contribution < -0.4 is 5.32 Å². The zero-order chi connectivity index (χ0) is 11.8. The molecule has 1 atom stereocenters. The summed E-state index contributed by atoms with van der Waals surface area (Å²) in [5.74, 6) is 0.285. The average molecular weight is 296 g/mol. The van der Waals surface area contributed by atoms with E-state index in [0.29, 0.717) is 12.5 Å². The van der Waals surface area contributed by atoms with Gasteiger partial charge in [-0.05, 0) is 34.8 Å². The Hall–Kier alpha value is -1.10. The lowest BCUT2D eigenvalue weighted by molar-refractivity contribution is -0.128. The smallest absolute Gasteiger partial charge is 0.225 e. The maximum atomic E-state index is 11.8. The molecule has 1 aromatic rings. The maximum Gasteiger partial charge on any atom is 0.225 e. The molecule has 90 valence electrons. The van der Waals surface area contributed by atoms with Crippen LogP contribution in [0.15, 0.2) is 22.9 Å². The van der Waals surface area contributed by atoms with Gasteiger partial charge >= 0.3 is 0 Å². The number of halogens is 1. The minimum Gasteiger partial charge on any atom is -0.379 e. The highest BCUT2D eigenvalue weighted by atomic mass is 79.9. The van der Waals surface area contributed by atoms with Crippen molar-refractivity contribution in [1.29, 1.82) is 0 Å². The summed E-state index contributed by atoms with van der Waals surface area (Å²) in [5, 5.41) is 3.37. The third kappa shape index (κ3) is 2.44. The molecule has 1 N–H and O–H groups in total. The van der Waals surface area contributed by atoms with E-state index in [-0.39, 0.29) is 11.9 Å². The number of carbonyl (C=O) groups excluding carboxylic acids is 1. The molecule has 1 aliphatic carbocycles. The van der Waals surface area contributed by atoms with E-state index in [4.69, 9.17) is 0 Å². The summed E-state index contributed by atoms with van der Waals surface area (Å²) in [6, 6.07) is 2.73. The highest BCUT2D eigenvalue weighted by molar-refractivity contribution is 9.10. The first-order valence-corrected chi connectivity index (χ1v) is 6.68. The molecule has 1 amide bonds. The van der Waals surface area contributed by atoms with Crippen LogP contribution in [0.5, 0.6) is 0 Å². The van der Waals surface area contributed by atoms with Crippen LogP contribution in [0, 0.1) is 0 Å². The number of anilines is 1. The lowest BCUT2D eigenvalue weighted by atomic mass is 10.2. The van der Waals surface area contributed by atoms with E-state index in [1.54, 1.807) is 12.4 Å². The second-order valence-electron chi connectivity index (χ2n) is 4.71. The molecule has 1 saturated heterocycles. The van der Waals surface area contributed by atoms with E-state index in [1.807, 2.05) is 11.0 Å².